The zero-order chi connectivity index (χ0) is 18.6. The number of benzene rings is 2. The second-order valence-electron chi connectivity index (χ2n) is 6.07. The van der Waals surface area contributed by atoms with Gasteiger partial charge in [-0.05, 0) is 44.5 Å². The highest BCUT2D eigenvalue weighted by Crippen LogP contribution is 2.23. The molecule has 3 N–H and O–H groups in total. The molecule has 0 aromatic heterocycles. The average molecular weight is 362 g/mol. The predicted molar refractivity (Wildman–Crippen MR) is 97.3 cm³/mol. The Morgan fingerprint density at radius 2 is 1.68 bits per heavy atom. The lowest BCUT2D eigenvalue weighted by molar-refractivity contribution is 0.0697. The minimum Gasteiger partial charge on any atom is -0.478 e. The summed E-state index contributed by atoms with van der Waals surface area (Å²) in [6, 6.07) is 12.8. The van der Waals surface area contributed by atoms with E-state index in [-0.39, 0.29) is 16.5 Å². The summed E-state index contributed by atoms with van der Waals surface area (Å²) in [5, 5.41) is 12.4. The Kier molecular flexibility index (Phi) is 5.81. The molecule has 25 heavy (non-hydrogen) atoms. The van der Waals surface area contributed by atoms with Crippen LogP contribution in [0, 0.1) is 0 Å². The van der Waals surface area contributed by atoms with Gasteiger partial charge in [0.05, 0.1) is 10.5 Å². The molecule has 0 amide bonds. The van der Waals surface area contributed by atoms with Gasteiger partial charge in [0.15, 0.2) is 0 Å². The first-order chi connectivity index (χ1) is 11.7. The van der Waals surface area contributed by atoms with Gasteiger partial charge in [0, 0.05) is 17.8 Å². The normalized spacial score (nSPS) is 12.8. The summed E-state index contributed by atoms with van der Waals surface area (Å²) >= 11 is 0. The number of hydrogen-bond donors (Lipinski definition) is 3. The number of anilines is 1. The van der Waals surface area contributed by atoms with E-state index in [1.165, 1.54) is 18.2 Å². The SMILES string of the molecule is CC(C)Nc1ccc(S(=O)(=O)N[C@@H](C)c2ccccc2)cc1C(=O)O. The molecule has 0 radical (unpaired) electrons. The highest BCUT2D eigenvalue weighted by Gasteiger charge is 2.21. The quantitative estimate of drug-likeness (QED) is 0.703. The van der Waals surface area contributed by atoms with E-state index >= 15 is 0 Å². The number of hydrogen-bond acceptors (Lipinski definition) is 4. The maximum atomic E-state index is 12.6. The minimum absolute atomic E-state index is 0.0248. The first-order valence-electron chi connectivity index (χ1n) is 7.92. The molecule has 0 saturated heterocycles. The van der Waals surface area contributed by atoms with E-state index in [9.17, 15) is 18.3 Å². The number of carboxylic acid groups (broad SMARTS) is 1. The molecule has 0 bridgehead atoms. The number of nitrogens with one attached hydrogen (secondary N) is 2. The van der Waals surface area contributed by atoms with Crippen LogP contribution in [0.3, 0.4) is 0 Å². The molecule has 6 nitrogen and oxygen atoms in total. The molecule has 0 aliphatic heterocycles. The van der Waals surface area contributed by atoms with Crippen LogP contribution in [0.5, 0.6) is 0 Å². The summed E-state index contributed by atoms with van der Waals surface area (Å²) < 4.78 is 27.8. The molecule has 1 atom stereocenters. The fourth-order valence-corrected chi connectivity index (χ4v) is 3.67. The molecule has 2 aromatic rings. The Labute approximate surface area is 147 Å². The van der Waals surface area contributed by atoms with Crippen LogP contribution in [0.2, 0.25) is 0 Å². The zero-order valence-corrected chi connectivity index (χ0v) is 15.2. The largest absolute Gasteiger partial charge is 0.478 e. The Morgan fingerprint density at radius 3 is 2.24 bits per heavy atom. The molecule has 134 valence electrons. The van der Waals surface area contributed by atoms with Gasteiger partial charge in [-0.15, -0.1) is 0 Å². The van der Waals surface area contributed by atoms with Crippen LogP contribution in [-0.2, 0) is 10.0 Å². The van der Waals surface area contributed by atoms with Gasteiger partial charge in [-0.2, -0.15) is 0 Å². The zero-order valence-electron chi connectivity index (χ0n) is 14.4. The summed E-state index contributed by atoms with van der Waals surface area (Å²) in [5.41, 5.74) is 1.13. The van der Waals surface area contributed by atoms with E-state index in [1.807, 2.05) is 44.2 Å². The van der Waals surface area contributed by atoms with Crippen molar-refractivity contribution in [3.05, 3.63) is 59.7 Å². The van der Waals surface area contributed by atoms with Gasteiger partial charge in [-0.3, -0.25) is 0 Å². The lowest BCUT2D eigenvalue weighted by Gasteiger charge is -2.17. The van der Waals surface area contributed by atoms with Crippen molar-refractivity contribution < 1.29 is 18.3 Å². The monoisotopic (exact) mass is 362 g/mol. The van der Waals surface area contributed by atoms with Gasteiger partial charge in [0.1, 0.15) is 0 Å². The molecule has 2 aromatic carbocycles. The number of rotatable bonds is 7. The maximum absolute atomic E-state index is 12.6. The van der Waals surface area contributed by atoms with Crippen LogP contribution in [0.4, 0.5) is 5.69 Å². The Morgan fingerprint density at radius 1 is 1.04 bits per heavy atom. The van der Waals surface area contributed by atoms with Crippen LogP contribution in [0.15, 0.2) is 53.4 Å². The molecule has 0 fully saturated rings. The van der Waals surface area contributed by atoms with Crippen LogP contribution in [0.25, 0.3) is 0 Å². The topological polar surface area (TPSA) is 95.5 Å². The van der Waals surface area contributed by atoms with E-state index in [0.717, 1.165) is 5.56 Å². The number of sulfonamides is 1. The lowest BCUT2D eigenvalue weighted by atomic mass is 10.1. The van der Waals surface area contributed by atoms with Crippen molar-refractivity contribution in [2.45, 2.75) is 37.8 Å². The second-order valence-corrected chi connectivity index (χ2v) is 7.78. The van der Waals surface area contributed by atoms with E-state index in [2.05, 4.69) is 10.0 Å². The smallest absolute Gasteiger partial charge is 0.337 e. The number of carbonyl (C=O) groups is 1. The third kappa shape index (κ3) is 4.80. The van der Waals surface area contributed by atoms with Gasteiger partial charge < -0.3 is 10.4 Å². The predicted octanol–water partition coefficient (Wildman–Crippen LogP) is 3.24. The molecule has 0 aliphatic carbocycles. The van der Waals surface area contributed by atoms with Crippen molar-refractivity contribution in [3.63, 3.8) is 0 Å². The second kappa shape index (κ2) is 7.67. The molecular weight excluding hydrogens is 340 g/mol. The van der Waals surface area contributed by atoms with Gasteiger partial charge in [-0.1, -0.05) is 30.3 Å². The molecule has 7 heteroatoms. The molecule has 0 aliphatic rings. The first kappa shape index (κ1) is 19.0. The van der Waals surface area contributed by atoms with Gasteiger partial charge in [-0.25, -0.2) is 17.9 Å². The van der Waals surface area contributed by atoms with Crippen molar-refractivity contribution >= 4 is 21.7 Å². The van der Waals surface area contributed by atoms with Crippen molar-refractivity contribution in [3.8, 4) is 0 Å². The van der Waals surface area contributed by atoms with Crippen LogP contribution >= 0.6 is 0 Å². The van der Waals surface area contributed by atoms with Gasteiger partial charge in [0.2, 0.25) is 10.0 Å². The summed E-state index contributed by atoms with van der Waals surface area (Å²) in [6.45, 7) is 5.48. The lowest BCUT2D eigenvalue weighted by Crippen LogP contribution is -2.27. The number of carboxylic acids is 1. The van der Waals surface area contributed by atoms with Gasteiger partial charge in [0.25, 0.3) is 0 Å². The highest BCUT2D eigenvalue weighted by atomic mass is 32.2. The average Bonchev–Trinajstić information content (AvgIpc) is 2.54. The van der Waals surface area contributed by atoms with Crippen LogP contribution in [-0.4, -0.2) is 25.5 Å². The Bertz CT molecular complexity index is 849. The highest BCUT2D eigenvalue weighted by molar-refractivity contribution is 7.89. The van der Waals surface area contributed by atoms with Crippen molar-refractivity contribution in [2.24, 2.45) is 0 Å². The van der Waals surface area contributed by atoms with Crippen molar-refractivity contribution in [2.75, 3.05) is 5.32 Å². The molecule has 0 unspecified atom stereocenters. The summed E-state index contributed by atoms with van der Waals surface area (Å²) in [6.07, 6.45) is 0. The van der Waals surface area contributed by atoms with E-state index < -0.39 is 22.0 Å². The van der Waals surface area contributed by atoms with Crippen molar-refractivity contribution in [1.82, 2.24) is 4.72 Å². The minimum atomic E-state index is -3.85. The van der Waals surface area contributed by atoms with Crippen LogP contribution < -0.4 is 10.0 Å². The summed E-state index contributed by atoms with van der Waals surface area (Å²) in [5.74, 6) is -1.18. The molecular formula is C18H22N2O4S. The summed E-state index contributed by atoms with van der Waals surface area (Å²) in [7, 11) is -3.85. The van der Waals surface area contributed by atoms with E-state index in [0.29, 0.717) is 5.69 Å². The maximum Gasteiger partial charge on any atom is 0.337 e. The van der Waals surface area contributed by atoms with Crippen molar-refractivity contribution in [1.29, 1.82) is 0 Å². The summed E-state index contributed by atoms with van der Waals surface area (Å²) in [4.78, 5) is 11.4. The Balaban J connectivity index is 2.33. The van der Waals surface area contributed by atoms with E-state index in [4.69, 9.17) is 0 Å². The third-order valence-corrected chi connectivity index (χ3v) is 5.15. The van der Waals surface area contributed by atoms with Gasteiger partial charge >= 0.3 is 5.97 Å². The fraction of sp³-hybridized carbons (Fsp3) is 0.278. The fourth-order valence-electron chi connectivity index (χ4n) is 2.41. The first-order valence-corrected chi connectivity index (χ1v) is 9.40. The Hall–Kier alpha value is -2.38. The standard InChI is InChI=1S/C18H22N2O4S/c1-12(2)19-17-10-9-15(11-16(17)18(21)22)25(23,24)20-13(3)14-7-5-4-6-8-14/h4-13,19-20H,1-3H3,(H,21,22)/t13-/m0/s1. The van der Waals surface area contributed by atoms with Crippen LogP contribution in [0.1, 0.15) is 42.7 Å². The number of aromatic carboxylic acids is 1. The molecule has 0 spiro atoms. The third-order valence-electron chi connectivity index (χ3n) is 3.61. The molecule has 0 heterocycles. The molecule has 0 saturated carbocycles. The molecule has 2 rings (SSSR count). The van der Waals surface area contributed by atoms with E-state index in [1.54, 1.807) is 6.92 Å².